The fourth-order valence-electron chi connectivity index (χ4n) is 5.04. The van der Waals surface area contributed by atoms with E-state index in [9.17, 15) is 4.39 Å². The van der Waals surface area contributed by atoms with E-state index in [-0.39, 0.29) is 5.82 Å². The SMILES string of the molecule is CCc1ccccc1-c1cc(F)ccc1Cc1cnccc1N1CC2(CCC2)C1. The Kier molecular flexibility index (Phi) is 4.61. The van der Waals surface area contributed by atoms with Gasteiger partial charge in [-0.05, 0) is 65.3 Å². The van der Waals surface area contributed by atoms with Crippen LogP contribution in [0.5, 0.6) is 0 Å². The number of pyridine rings is 1. The van der Waals surface area contributed by atoms with Crippen LogP contribution in [0.3, 0.4) is 0 Å². The summed E-state index contributed by atoms with van der Waals surface area (Å²) in [6, 6.07) is 15.7. The van der Waals surface area contributed by atoms with Crippen LogP contribution in [-0.4, -0.2) is 18.1 Å². The summed E-state index contributed by atoms with van der Waals surface area (Å²) in [5, 5.41) is 0. The first-order chi connectivity index (χ1) is 14.2. The van der Waals surface area contributed by atoms with Gasteiger partial charge in [0, 0.05) is 43.0 Å². The summed E-state index contributed by atoms with van der Waals surface area (Å²) in [6.45, 7) is 4.48. The Morgan fingerprint density at radius 1 is 0.966 bits per heavy atom. The van der Waals surface area contributed by atoms with Gasteiger partial charge in [-0.2, -0.15) is 0 Å². The number of nitrogens with zero attached hydrogens (tertiary/aromatic N) is 2. The Labute approximate surface area is 172 Å². The standard InChI is InChI=1S/C26H27FN2/c1-2-19-6-3-4-7-23(19)24-15-22(27)9-8-20(24)14-21-16-28-13-10-25(21)29-17-26(18-29)11-5-12-26/h3-4,6-10,13,15-16H,2,5,11-12,14,17-18H2,1H3. The van der Waals surface area contributed by atoms with Crippen molar-refractivity contribution in [2.75, 3.05) is 18.0 Å². The summed E-state index contributed by atoms with van der Waals surface area (Å²) in [5.41, 5.74) is 7.63. The molecule has 2 fully saturated rings. The van der Waals surface area contributed by atoms with E-state index in [0.29, 0.717) is 5.41 Å². The van der Waals surface area contributed by atoms with Crippen LogP contribution in [0.15, 0.2) is 60.9 Å². The highest BCUT2D eigenvalue weighted by Gasteiger charge is 2.47. The zero-order chi connectivity index (χ0) is 19.8. The molecule has 5 rings (SSSR count). The predicted molar refractivity (Wildman–Crippen MR) is 117 cm³/mol. The Morgan fingerprint density at radius 3 is 2.55 bits per heavy atom. The zero-order valence-electron chi connectivity index (χ0n) is 17.0. The average Bonchev–Trinajstić information content (AvgIpc) is 2.68. The quantitative estimate of drug-likeness (QED) is 0.532. The molecule has 2 aromatic carbocycles. The van der Waals surface area contributed by atoms with Gasteiger partial charge in [-0.15, -0.1) is 0 Å². The lowest BCUT2D eigenvalue weighted by atomic mass is 9.63. The van der Waals surface area contributed by atoms with Crippen LogP contribution in [0.1, 0.15) is 42.9 Å². The number of aromatic nitrogens is 1. The first-order valence-corrected chi connectivity index (χ1v) is 10.7. The van der Waals surface area contributed by atoms with Crippen LogP contribution in [0.4, 0.5) is 10.1 Å². The third kappa shape index (κ3) is 3.33. The summed E-state index contributed by atoms with van der Waals surface area (Å²) in [5.74, 6) is -0.185. The van der Waals surface area contributed by atoms with Crippen LogP contribution in [0, 0.1) is 11.2 Å². The van der Waals surface area contributed by atoms with E-state index >= 15 is 0 Å². The van der Waals surface area contributed by atoms with Crippen LogP contribution < -0.4 is 4.90 Å². The lowest BCUT2D eigenvalue weighted by Crippen LogP contribution is -2.60. The number of aryl methyl sites for hydroxylation is 1. The van der Waals surface area contributed by atoms with Gasteiger partial charge in [-0.25, -0.2) is 4.39 Å². The first kappa shape index (κ1) is 18.4. The Hall–Kier alpha value is -2.68. The summed E-state index contributed by atoms with van der Waals surface area (Å²) in [7, 11) is 0. The number of anilines is 1. The van der Waals surface area contributed by atoms with Crippen molar-refractivity contribution >= 4 is 5.69 Å². The maximum absolute atomic E-state index is 14.2. The van der Waals surface area contributed by atoms with Crippen LogP contribution >= 0.6 is 0 Å². The van der Waals surface area contributed by atoms with Gasteiger partial charge in [0.05, 0.1) is 0 Å². The van der Waals surface area contributed by atoms with Gasteiger partial charge in [0.2, 0.25) is 0 Å². The molecule has 3 aromatic rings. The molecule has 29 heavy (non-hydrogen) atoms. The second-order valence-corrected chi connectivity index (χ2v) is 8.70. The van der Waals surface area contributed by atoms with E-state index in [1.54, 1.807) is 12.1 Å². The van der Waals surface area contributed by atoms with Gasteiger partial charge < -0.3 is 4.90 Å². The van der Waals surface area contributed by atoms with Crippen molar-refractivity contribution in [2.24, 2.45) is 5.41 Å². The lowest BCUT2D eigenvalue weighted by molar-refractivity contribution is 0.0902. The van der Waals surface area contributed by atoms with Crippen molar-refractivity contribution in [3.8, 4) is 11.1 Å². The van der Waals surface area contributed by atoms with Crippen molar-refractivity contribution in [2.45, 2.75) is 39.0 Å². The average molecular weight is 387 g/mol. The molecular formula is C26H27FN2. The molecule has 0 radical (unpaired) electrons. The summed E-state index contributed by atoms with van der Waals surface area (Å²) in [6.07, 6.45) is 9.70. The van der Waals surface area contributed by atoms with E-state index < -0.39 is 0 Å². The number of halogens is 1. The highest BCUT2D eigenvalue weighted by Crippen LogP contribution is 2.50. The molecule has 2 aliphatic rings. The molecule has 1 aliphatic carbocycles. The van der Waals surface area contributed by atoms with Crippen molar-refractivity contribution in [3.63, 3.8) is 0 Å². The van der Waals surface area contributed by atoms with Crippen LogP contribution in [0.25, 0.3) is 11.1 Å². The zero-order valence-corrected chi connectivity index (χ0v) is 17.0. The third-order valence-corrected chi connectivity index (χ3v) is 6.83. The molecule has 1 saturated heterocycles. The Balaban J connectivity index is 1.49. The van der Waals surface area contributed by atoms with Crippen LogP contribution in [0.2, 0.25) is 0 Å². The maximum Gasteiger partial charge on any atom is 0.123 e. The second-order valence-electron chi connectivity index (χ2n) is 8.70. The smallest absolute Gasteiger partial charge is 0.123 e. The van der Waals surface area contributed by atoms with Gasteiger partial charge in [-0.1, -0.05) is 43.7 Å². The minimum Gasteiger partial charge on any atom is -0.370 e. The van der Waals surface area contributed by atoms with E-state index in [1.807, 2.05) is 24.5 Å². The lowest BCUT2D eigenvalue weighted by Gasteiger charge is -2.57. The molecule has 1 aromatic heterocycles. The highest BCUT2D eigenvalue weighted by atomic mass is 19.1. The van der Waals surface area contributed by atoms with Crippen molar-refractivity contribution in [3.05, 3.63) is 83.4 Å². The largest absolute Gasteiger partial charge is 0.370 e. The summed E-state index contributed by atoms with van der Waals surface area (Å²) >= 11 is 0. The number of benzene rings is 2. The minimum absolute atomic E-state index is 0.185. The van der Waals surface area contributed by atoms with Crippen LogP contribution in [-0.2, 0) is 12.8 Å². The summed E-state index contributed by atoms with van der Waals surface area (Å²) < 4.78 is 14.2. The fraction of sp³-hybridized carbons (Fsp3) is 0.346. The highest BCUT2D eigenvalue weighted by molar-refractivity contribution is 5.72. The number of rotatable bonds is 5. The van der Waals surface area contributed by atoms with Gasteiger partial charge in [0.25, 0.3) is 0 Å². The molecule has 0 atom stereocenters. The van der Waals surface area contributed by atoms with Gasteiger partial charge in [0.15, 0.2) is 0 Å². The van der Waals surface area contributed by atoms with Crippen molar-refractivity contribution in [1.29, 1.82) is 0 Å². The van der Waals surface area contributed by atoms with E-state index in [2.05, 4.69) is 41.1 Å². The minimum atomic E-state index is -0.185. The van der Waals surface area contributed by atoms with Crippen molar-refractivity contribution in [1.82, 2.24) is 4.98 Å². The van der Waals surface area contributed by atoms with Gasteiger partial charge >= 0.3 is 0 Å². The van der Waals surface area contributed by atoms with E-state index in [4.69, 9.17) is 0 Å². The molecule has 1 saturated carbocycles. The summed E-state index contributed by atoms with van der Waals surface area (Å²) in [4.78, 5) is 6.91. The predicted octanol–water partition coefficient (Wildman–Crippen LogP) is 6.03. The fourth-order valence-corrected chi connectivity index (χ4v) is 5.04. The topological polar surface area (TPSA) is 16.1 Å². The molecule has 1 spiro atoms. The molecule has 3 heteroatoms. The van der Waals surface area contributed by atoms with Gasteiger partial charge in [-0.3, -0.25) is 4.98 Å². The molecule has 1 aliphatic heterocycles. The Morgan fingerprint density at radius 2 is 1.79 bits per heavy atom. The third-order valence-electron chi connectivity index (χ3n) is 6.83. The number of hydrogen-bond acceptors (Lipinski definition) is 2. The van der Waals surface area contributed by atoms with Gasteiger partial charge in [0.1, 0.15) is 5.82 Å². The Bertz CT molecular complexity index is 1030. The molecule has 0 bridgehead atoms. The molecule has 2 nitrogen and oxygen atoms in total. The monoisotopic (exact) mass is 386 g/mol. The maximum atomic E-state index is 14.2. The molecule has 2 heterocycles. The van der Waals surface area contributed by atoms with E-state index in [1.165, 1.54) is 49.2 Å². The molecule has 0 N–H and O–H groups in total. The molecule has 0 amide bonds. The first-order valence-electron chi connectivity index (χ1n) is 10.7. The second kappa shape index (κ2) is 7.29. The van der Waals surface area contributed by atoms with E-state index in [0.717, 1.165) is 29.5 Å². The molecule has 148 valence electrons. The molecule has 0 unspecified atom stereocenters. The van der Waals surface area contributed by atoms with Crippen molar-refractivity contribution < 1.29 is 4.39 Å². The normalized spacial score (nSPS) is 17.1. The molecular weight excluding hydrogens is 359 g/mol. The number of hydrogen-bond donors (Lipinski definition) is 0.